The molecule has 3 nitrogen and oxygen atoms in total. The standard InChI is InChI=1S/C14H20ClNO2/c1-10(17)11-6-7-13(12(15)8-11)18-9-14(2,3)16(4)5/h6-8H,9H2,1-5H3. The van der Waals surface area contributed by atoms with Crippen LogP contribution in [-0.4, -0.2) is 36.9 Å². The van der Waals surface area contributed by atoms with Gasteiger partial charge in [0.15, 0.2) is 5.78 Å². The van der Waals surface area contributed by atoms with Crippen LogP contribution in [0.25, 0.3) is 0 Å². The first-order valence-electron chi connectivity index (χ1n) is 5.85. The van der Waals surface area contributed by atoms with Crippen molar-refractivity contribution >= 4 is 17.4 Å². The fourth-order valence-corrected chi connectivity index (χ4v) is 1.46. The average Bonchev–Trinajstić information content (AvgIpc) is 2.26. The Morgan fingerprint density at radius 1 is 1.39 bits per heavy atom. The lowest BCUT2D eigenvalue weighted by atomic mass is 10.1. The predicted molar refractivity (Wildman–Crippen MR) is 74.7 cm³/mol. The van der Waals surface area contributed by atoms with Crippen LogP contribution in [0.4, 0.5) is 0 Å². The molecule has 18 heavy (non-hydrogen) atoms. The number of hydrogen-bond donors (Lipinski definition) is 0. The van der Waals surface area contributed by atoms with Crippen LogP contribution in [0.5, 0.6) is 5.75 Å². The van der Waals surface area contributed by atoms with Crippen LogP contribution in [0, 0.1) is 0 Å². The monoisotopic (exact) mass is 269 g/mol. The van der Waals surface area contributed by atoms with Crippen molar-refractivity contribution in [2.75, 3.05) is 20.7 Å². The fourth-order valence-electron chi connectivity index (χ4n) is 1.22. The number of rotatable bonds is 5. The molecule has 0 atom stereocenters. The molecule has 1 rings (SSSR count). The Morgan fingerprint density at radius 3 is 2.44 bits per heavy atom. The topological polar surface area (TPSA) is 29.5 Å². The van der Waals surface area contributed by atoms with Crippen molar-refractivity contribution < 1.29 is 9.53 Å². The summed E-state index contributed by atoms with van der Waals surface area (Å²) in [4.78, 5) is 13.3. The lowest BCUT2D eigenvalue weighted by Crippen LogP contribution is -2.43. The van der Waals surface area contributed by atoms with Gasteiger partial charge in [-0.3, -0.25) is 4.79 Å². The van der Waals surface area contributed by atoms with E-state index in [1.807, 2.05) is 14.1 Å². The first-order valence-corrected chi connectivity index (χ1v) is 6.22. The maximum Gasteiger partial charge on any atom is 0.159 e. The Hall–Kier alpha value is -1.06. The third-order valence-electron chi connectivity index (χ3n) is 3.13. The number of ketones is 1. The maximum absolute atomic E-state index is 11.2. The normalized spacial score (nSPS) is 11.7. The molecule has 0 fully saturated rings. The lowest BCUT2D eigenvalue weighted by Gasteiger charge is -2.32. The van der Waals surface area contributed by atoms with Gasteiger partial charge in [-0.15, -0.1) is 0 Å². The van der Waals surface area contributed by atoms with Crippen molar-refractivity contribution in [2.45, 2.75) is 26.3 Å². The second-order valence-corrected chi connectivity index (χ2v) is 5.60. The number of ether oxygens (including phenoxy) is 1. The second kappa shape index (κ2) is 5.72. The van der Waals surface area contributed by atoms with Gasteiger partial charge in [0.05, 0.1) is 5.02 Å². The van der Waals surface area contributed by atoms with E-state index in [1.165, 1.54) is 6.92 Å². The van der Waals surface area contributed by atoms with Gasteiger partial charge in [0, 0.05) is 11.1 Å². The van der Waals surface area contributed by atoms with Crippen molar-refractivity contribution in [1.29, 1.82) is 0 Å². The van der Waals surface area contributed by atoms with Crippen LogP contribution < -0.4 is 4.74 Å². The summed E-state index contributed by atoms with van der Waals surface area (Å²) in [6.07, 6.45) is 0. The van der Waals surface area contributed by atoms with E-state index in [4.69, 9.17) is 16.3 Å². The molecule has 0 N–H and O–H groups in total. The van der Waals surface area contributed by atoms with E-state index in [-0.39, 0.29) is 11.3 Å². The summed E-state index contributed by atoms with van der Waals surface area (Å²) < 4.78 is 5.71. The molecule has 0 heterocycles. The largest absolute Gasteiger partial charge is 0.490 e. The molecule has 100 valence electrons. The Kier molecular flexibility index (Phi) is 4.77. The minimum Gasteiger partial charge on any atom is -0.490 e. The van der Waals surface area contributed by atoms with E-state index in [0.717, 1.165) is 0 Å². The van der Waals surface area contributed by atoms with Gasteiger partial charge in [0.2, 0.25) is 0 Å². The van der Waals surface area contributed by atoms with Crippen molar-refractivity contribution in [3.63, 3.8) is 0 Å². The lowest BCUT2D eigenvalue weighted by molar-refractivity contribution is 0.101. The number of hydrogen-bond acceptors (Lipinski definition) is 3. The van der Waals surface area contributed by atoms with Crippen molar-refractivity contribution in [3.8, 4) is 5.75 Å². The smallest absolute Gasteiger partial charge is 0.159 e. The van der Waals surface area contributed by atoms with E-state index >= 15 is 0 Å². The average molecular weight is 270 g/mol. The molecule has 0 saturated heterocycles. The van der Waals surface area contributed by atoms with Gasteiger partial charge in [-0.25, -0.2) is 0 Å². The first kappa shape index (κ1) is 15.0. The van der Waals surface area contributed by atoms with Crippen molar-refractivity contribution in [1.82, 2.24) is 4.90 Å². The van der Waals surface area contributed by atoms with Gasteiger partial charge in [-0.05, 0) is 53.1 Å². The highest BCUT2D eigenvalue weighted by Crippen LogP contribution is 2.27. The molecule has 0 amide bonds. The molecule has 1 aromatic rings. The number of benzene rings is 1. The Labute approximate surface area is 114 Å². The molecule has 0 radical (unpaired) electrons. The van der Waals surface area contributed by atoms with Crippen LogP contribution in [0.3, 0.4) is 0 Å². The van der Waals surface area contributed by atoms with Gasteiger partial charge in [0.1, 0.15) is 12.4 Å². The van der Waals surface area contributed by atoms with Crippen molar-refractivity contribution in [3.05, 3.63) is 28.8 Å². The van der Waals surface area contributed by atoms with Crippen LogP contribution >= 0.6 is 11.6 Å². The third kappa shape index (κ3) is 3.72. The number of nitrogens with zero attached hydrogens (tertiary/aromatic N) is 1. The minimum atomic E-state index is -0.0808. The molecule has 0 aliphatic rings. The highest BCUT2D eigenvalue weighted by Gasteiger charge is 2.21. The summed E-state index contributed by atoms with van der Waals surface area (Å²) in [6.45, 7) is 6.22. The Balaban J connectivity index is 2.78. The first-order chi connectivity index (χ1) is 8.24. The number of Topliss-reactive ketones (excluding diaryl/α,β-unsaturated/α-hetero) is 1. The number of carbonyl (C=O) groups excluding carboxylic acids is 1. The molecular formula is C14H20ClNO2. The zero-order chi connectivity index (χ0) is 13.9. The molecule has 4 heteroatoms. The predicted octanol–water partition coefficient (Wildman–Crippen LogP) is 3.26. The SMILES string of the molecule is CC(=O)c1ccc(OCC(C)(C)N(C)C)c(Cl)c1. The molecular weight excluding hydrogens is 250 g/mol. The molecule has 0 bridgehead atoms. The summed E-state index contributed by atoms with van der Waals surface area (Å²) in [5.74, 6) is 0.605. The molecule has 0 aliphatic heterocycles. The highest BCUT2D eigenvalue weighted by atomic mass is 35.5. The van der Waals surface area contributed by atoms with E-state index < -0.39 is 0 Å². The number of likely N-dealkylation sites (N-methyl/N-ethyl adjacent to an activating group) is 1. The van der Waals surface area contributed by atoms with Gasteiger partial charge in [-0.1, -0.05) is 11.6 Å². The number of halogens is 1. The molecule has 0 aliphatic carbocycles. The minimum absolute atomic E-state index is 0.00271. The third-order valence-corrected chi connectivity index (χ3v) is 3.43. The summed E-state index contributed by atoms with van der Waals surface area (Å²) in [5, 5.41) is 0.470. The second-order valence-electron chi connectivity index (χ2n) is 5.20. The Morgan fingerprint density at radius 2 is 2.00 bits per heavy atom. The maximum atomic E-state index is 11.2. The van der Waals surface area contributed by atoms with Crippen molar-refractivity contribution in [2.24, 2.45) is 0 Å². The fraction of sp³-hybridized carbons (Fsp3) is 0.500. The summed E-state index contributed by atoms with van der Waals surface area (Å²) in [6, 6.07) is 5.11. The van der Waals surface area contributed by atoms with E-state index in [0.29, 0.717) is 22.9 Å². The van der Waals surface area contributed by atoms with Crippen LogP contribution in [0.2, 0.25) is 5.02 Å². The van der Waals surface area contributed by atoms with Gasteiger partial charge < -0.3 is 9.64 Å². The van der Waals surface area contributed by atoms with Gasteiger partial charge in [0.25, 0.3) is 0 Å². The summed E-state index contributed by atoms with van der Waals surface area (Å²) in [7, 11) is 4.01. The number of carbonyl (C=O) groups is 1. The zero-order valence-corrected chi connectivity index (χ0v) is 12.3. The highest BCUT2D eigenvalue weighted by molar-refractivity contribution is 6.32. The van der Waals surface area contributed by atoms with Crippen LogP contribution in [-0.2, 0) is 0 Å². The quantitative estimate of drug-likeness (QED) is 0.769. The van der Waals surface area contributed by atoms with Crippen LogP contribution in [0.15, 0.2) is 18.2 Å². The summed E-state index contributed by atoms with van der Waals surface area (Å²) in [5.41, 5.74) is 0.516. The molecule has 0 saturated carbocycles. The van der Waals surface area contributed by atoms with Gasteiger partial charge >= 0.3 is 0 Å². The summed E-state index contributed by atoms with van der Waals surface area (Å²) >= 11 is 6.09. The molecule has 1 aromatic carbocycles. The van der Waals surface area contributed by atoms with E-state index in [1.54, 1.807) is 18.2 Å². The molecule has 0 spiro atoms. The molecule has 0 aromatic heterocycles. The zero-order valence-electron chi connectivity index (χ0n) is 11.6. The van der Waals surface area contributed by atoms with E-state index in [9.17, 15) is 4.79 Å². The van der Waals surface area contributed by atoms with E-state index in [2.05, 4.69) is 18.7 Å². The molecule has 0 unspecified atom stereocenters. The van der Waals surface area contributed by atoms with Crippen LogP contribution in [0.1, 0.15) is 31.1 Å². The van der Waals surface area contributed by atoms with Gasteiger partial charge in [-0.2, -0.15) is 0 Å². The Bertz CT molecular complexity index is 441.